The smallest absolute Gasteiger partial charge is 0.315 e. The van der Waals surface area contributed by atoms with Gasteiger partial charge >= 0.3 is 6.03 Å². The third-order valence-corrected chi connectivity index (χ3v) is 3.22. The molecule has 1 atom stereocenters. The number of nitrogens with one attached hydrogen (secondary N) is 2. The molecule has 1 aliphatic rings. The first-order valence-corrected chi connectivity index (χ1v) is 6.69. The monoisotopic (exact) mass is 279 g/mol. The van der Waals surface area contributed by atoms with E-state index in [2.05, 4.69) is 10.6 Å². The molecule has 0 saturated carbocycles. The van der Waals surface area contributed by atoms with E-state index >= 15 is 0 Å². The summed E-state index contributed by atoms with van der Waals surface area (Å²) < 4.78 is 13.1. The molecule has 0 aromatic heterocycles. The highest BCUT2D eigenvalue weighted by molar-refractivity contribution is 5.94. The normalized spacial score (nSPS) is 17.9. The Hall–Kier alpha value is -2.11. The largest absolute Gasteiger partial charge is 0.338 e. The lowest BCUT2D eigenvalue weighted by molar-refractivity contribution is 0.0789. The molecule has 108 valence electrons. The Morgan fingerprint density at radius 2 is 2.25 bits per heavy atom. The molecule has 6 heteroatoms. The fraction of sp³-hybridized carbons (Fsp3) is 0.429. The number of hydrogen-bond acceptors (Lipinski definition) is 2. The Bertz CT molecular complexity index is 507. The molecule has 1 fully saturated rings. The predicted molar refractivity (Wildman–Crippen MR) is 72.9 cm³/mol. The number of urea groups is 1. The van der Waals surface area contributed by atoms with E-state index < -0.39 is 5.82 Å². The number of nitrogens with zero attached hydrogens (tertiary/aromatic N) is 1. The van der Waals surface area contributed by atoms with Crippen molar-refractivity contribution in [2.75, 3.05) is 19.6 Å². The lowest BCUT2D eigenvalue weighted by Crippen LogP contribution is -2.43. The summed E-state index contributed by atoms with van der Waals surface area (Å²) in [6, 6.07) is 5.36. The second-order valence-corrected chi connectivity index (χ2v) is 4.75. The number of halogens is 1. The molecule has 0 radical (unpaired) electrons. The highest BCUT2D eigenvalue weighted by Crippen LogP contribution is 2.14. The summed E-state index contributed by atoms with van der Waals surface area (Å²) in [5.74, 6) is -0.628. The number of benzene rings is 1. The van der Waals surface area contributed by atoms with Gasteiger partial charge in [-0.05, 0) is 31.5 Å². The third kappa shape index (κ3) is 3.46. The molecule has 0 bridgehead atoms. The van der Waals surface area contributed by atoms with Crippen LogP contribution in [0.4, 0.5) is 9.18 Å². The molecule has 0 spiro atoms. The predicted octanol–water partition coefficient (Wildman–Crippen LogP) is 1.36. The molecule has 1 aliphatic heterocycles. The van der Waals surface area contributed by atoms with Crippen molar-refractivity contribution in [2.45, 2.75) is 19.4 Å². The average molecular weight is 279 g/mol. The van der Waals surface area contributed by atoms with E-state index in [9.17, 15) is 14.0 Å². The number of carbonyl (C=O) groups excluding carboxylic acids is 2. The van der Waals surface area contributed by atoms with Gasteiger partial charge in [0.2, 0.25) is 0 Å². The van der Waals surface area contributed by atoms with Crippen molar-refractivity contribution in [3.63, 3.8) is 0 Å². The summed E-state index contributed by atoms with van der Waals surface area (Å²) in [5.41, 5.74) is 0.337. The highest BCUT2D eigenvalue weighted by Gasteiger charge is 2.27. The van der Waals surface area contributed by atoms with Crippen molar-refractivity contribution in [1.29, 1.82) is 0 Å². The SMILES string of the molecule is CCNC(=O)NC1CCN(C(=O)c2cccc(F)c2)C1. The fourth-order valence-corrected chi connectivity index (χ4v) is 2.26. The first kappa shape index (κ1) is 14.3. The number of amides is 3. The van der Waals surface area contributed by atoms with Crippen LogP contribution >= 0.6 is 0 Å². The van der Waals surface area contributed by atoms with Crippen LogP contribution in [0.5, 0.6) is 0 Å². The van der Waals surface area contributed by atoms with E-state index in [1.165, 1.54) is 18.2 Å². The van der Waals surface area contributed by atoms with Gasteiger partial charge in [-0.2, -0.15) is 0 Å². The molecule has 1 aromatic rings. The van der Waals surface area contributed by atoms with Gasteiger partial charge in [-0.1, -0.05) is 6.07 Å². The third-order valence-electron chi connectivity index (χ3n) is 3.22. The first-order valence-electron chi connectivity index (χ1n) is 6.69. The maximum Gasteiger partial charge on any atom is 0.315 e. The maximum atomic E-state index is 13.1. The second-order valence-electron chi connectivity index (χ2n) is 4.75. The van der Waals surface area contributed by atoms with Gasteiger partial charge in [-0.3, -0.25) is 4.79 Å². The van der Waals surface area contributed by atoms with Crippen LogP contribution in [0.2, 0.25) is 0 Å². The number of carbonyl (C=O) groups is 2. The van der Waals surface area contributed by atoms with Crippen LogP contribution in [-0.4, -0.2) is 42.5 Å². The highest BCUT2D eigenvalue weighted by atomic mass is 19.1. The van der Waals surface area contributed by atoms with E-state index in [-0.39, 0.29) is 18.0 Å². The Balaban J connectivity index is 1.92. The van der Waals surface area contributed by atoms with E-state index in [4.69, 9.17) is 0 Å². The summed E-state index contributed by atoms with van der Waals surface area (Å²) in [4.78, 5) is 25.2. The zero-order valence-electron chi connectivity index (χ0n) is 11.4. The Morgan fingerprint density at radius 1 is 1.45 bits per heavy atom. The Morgan fingerprint density at radius 3 is 2.95 bits per heavy atom. The zero-order valence-corrected chi connectivity index (χ0v) is 11.4. The number of rotatable bonds is 3. The molecule has 2 N–H and O–H groups in total. The quantitative estimate of drug-likeness (QED) is 0.877. The Labute approximate surface area is 117 Å². The van der Waals surface area contributed by atoms with E-state index in [1.807, 2.05) is 6.92 Å². The molecule has 5 nitrogen and oxygen atoms in total. The van der Waals surface area contributed by atoms with Gasteiger partial charge < -0.3 is 15.5 Å². The van der Waals surface area contributed by atoms with Gasteiger partial charge in [0.1, 0.15) is 5.82 Å². The van der Waals surface area contributed by atoms with Crippen LogP contribution in [0, 0.1) is 5.82 Å². The van der Waals surface area contributed by atoms with Crippen molar-refractivity contribution in [1.82, 2.24) is 15.5 Å². The lowest BCUT2D eigenvalue weighted by Gasteiger charge is -2.17. The van der Waals surface area contributed by atoms with Crippen LogP contribution < -0.4 is 10.6 Å². The molecule has 20 heavy (non-hydrogen) atoms. The molecule has 1 saturated heterocycles. The van der Waals surface area contributed by atoms with Crippen molar-refractivity contribution in [3.05, 3.63) is 35.6 Å². The minimum absolute atomic E-state index is 0.0564. The fourth-order valence-electron chi connectivity index (χ4n) is 2.26. The molecule has 1 aromatic carbocycles. The summed E-state index contributed by atoms with van der Waals surface area (Å²) in [5, 5.41) is 5.46. The van der Waals surface area contributed by atoms with Gasteiger partial charge in [0.25, 0.3) is 5.91 Å². The second kappa shape index (κ2) is 6.36. The van der Waals surface area contributed by atoms with Crippen molar-refractivity contribution >= 4 is 11.9 Å². The van der Waals surface area contributed by atoms with Gasteiger partial charge in [-0.15, -0.1) is 0 Å². The van der Waals surface area contributed by atoms with Gasteiger partial charge in [-0.25, -0.2) is 9.18 Å². The van der Waals surface area contributed by atoms with Crippen molar-refractivity contribution in [3.8, 4) is 0 Å². The van der Waals surface area contributed by atoms with Crippen molar-refractivity contribution < 1.29 is 14.0 Å². The van der Waals surface area contributed by atoms with Crippen LogP contribution in [0.15, 0.2) is 24.3 Å². The zero-order chi connectivity index (χ0) is 14.5. The molecule has 0 aliphatic carbocycles. The molecule has 1 heterocycles. The molecule has 1 unspecified atom stereocenters. The van der Waals surface area contributed by atoms with E-state index in [0.29, 0.717) is 31.6 Å². The topological polar surface area (TPSA) is 61.4 Å². The van der Waals surface area contributed by atoms with E-state index in [1.54, 1.807) is 11.0 Å². The van der Waals surface area contributed by atoms with Crippen LogP contribution in [-0.2, 0) is 0 Å². The summed E-state index contributed by atoms with van der Waals surface area (Å²) in [6.07, 6.45) is 0.707. The van der Waals surface area contributed by atoms with Crippen molar-refractivity contribution in [2.24, 2.45) is 0 Å². The van der Waals surface area contributed by atoms with Crippen LogP contribution in [0.25, 0.3) is 0 Å². The first-order chi connectivity index (χ1) is 9.60. The average Bonchev–Trinajstić information content (AvgIpc) is 2.86. The number of hydrogen-bond donors (Lipinski definition) is 2. The molecular weight excluding hydrogens is 261 g/mol. The van der Waals surface area contributed by atoms with E-state index in [0.717, 1.165) is 0 Å². The molecule has 2 rings (SSSR count). The summed E-state index contributed by atoms with van der Waals surface area (Å²) >= 11 is 0. The van der Waals surface area contributed by atoms with Gasteiger partial charge in [0.15, 0.2) is 0 Å². The number of likely N-dealkylation sites (tertiary alicyclic amines) is 1. The van der Waals surface area contributed by atoms with Crippen LogP contribution in [0.3, 0.4) is 0 Å². The minimum Gasteiger partial charge on any atom is -0.338 e. The molecular formula is C14H18FN3O2. The Kier molecular flexibility index (Phi) is 4.55. The summed E-state index contributed by atoms with van der Waals surface area (Å²) in [7, 11) is 0. The summed E-state index contributed by atoms with van der Waals surface area (Å²) in [6.45, 7) is 3.41. The van der Waals surface area contributed by atoms with Gasteiger partial charge in [0, 0.05) is 31.2 Å². The van der Waals surface area contributed by atoms with Gasteiger partial charge in [0.05, 0.1) is 0 Å². The molecule has 3 amide bonds. The lowest BCUT2D eigenvalue weighted by atomic mass is 10.2. The van der Waals surface area contributed by atoms with Crippen LogP contribution in [0.1, 0.15) is 23.7 Å². The maximum absolute atomic E-state index is 13.1. The minimum atomic E-state index is -0.424. The standard InChI is InChI=1S/C14H18FN3O2/c1-2-16-14(20)17-12-6-7-18(9-12)13(19)10-4-3-5-11(15)8-10/h3-5,8,12H,2,6-7,9H2,1H3,(H2,16,17,20).